The highest BCUT2D eigenvalue weighted by atomic mass is 19.1. The summed E-state index contributed by atoms with van der Waals surface area (Å²) in [6.07, 6.45) is 1.35. The molecule has 0 aromatic carbocycles. The average Bonchev–Trinajstić information content (AvgIpc) is 2.78. The van der Waals surface area contributed by atoms with E-state index >= 15 is 0 Å². The Kier molecular flexibility index (Phi) is 4.51. The summed E-state index contributed by atoms with van der Waals surface area (Å²) in [7, 11) is 0. The van der Waals surface area contributed by atoms with Gasteiger partial charge in [0, 0.05) is 17.3 Å². The molecule has 1 aliphatic rings. The number of nitrogens with two attached hydrogens (primary N) is 1. The van der Waals surface area contributed by atoms with Crippen molar-refractivity contribution in [2.24, 2.45) is 0 Å². The summed E-state index contributed by atoms with van der Waals surface area (Å²) in [6, 6.07) is 0. The van der Waals surface area contributed by atoms with E-state index in [0.717, 1.165) is 4.57 Å². The van der Waals surface area contributed by atoms with E-state index in [0.29, 0.717) is 5.56 Å². The molecule has 0 radical (unpaired) electrons. The second kappa shape index (κ2) is 6.17. The van der Waals surface area contributed by atoms with Gasteiger partial charge in [0.1, 0.15) is 18.0 Å². The molecule has 0 amide bonds. The van der Waals surface area contributed by atoms with Crippen LogP contribution in [-0.4, -0.2) is 38.6 Å². The molecule has 0 bridgehead atoms. The van der Waals surface area contributed by atoms with Gasteiger partial charge >= 0.3 is 5.69 Å². The van der Waals surface area contributed by atoms with Gasteiger partial charge in [-0.2, -0.15) is 4.98 Å². The van der Waals surface area contributed by atoms with E-state index in [1.165, 1.54) is 6.20 Å². The summed E-state index contributed by atoms with van der Waals surface area (Å²) >= 11 is 0. The highest BCUT2D eigenvalue weighted by molar-refractivity contribution is 5.59. The van der Waals surface area contributed by atoms with Crippen molar-refractivity contribution < 1.29 is 19.3 Å². The molecule has 2 heterocycles. The lowest BCUT2D eigenvalue weighted by Gasteiger charge is -2.16. The summed E-state index contributed by atoms with van der Waals surface area (Å²) in [5.41, 5.74) is 5.19. The SMILES string of the molecule is C/C=C/c1cn(C2OC(CO)C(O)/C2=C\F)c(=O)nc1N. The first-order chi connectivity index (χ1) is 10.0. The fourth-order valence-electron chi connectivity index (χ4n) is 2.14. The van der Waals surface area contributed by atoms with Crippen LogP contribution in [0.2, 0.25) is 0 Å². The molecule has 1 fully saturated rings. The fraction of sp³-hybridized carbons (Fsp3) is 0.385. The molecule has 0 saturated carbocycles. The van der Waals surface area contributed by atoms with E-state index in [1.807, 2.05) is 0 Å². The highest BCUT2D eigenvalue weighted by Crippen LogP contribution is 2.33. The van der Waals surface area contributed by atoms with Gasteiger partial charge in [-0.05, 0) is 6.92 Å². The minimum atomic E-state index is -1.33. The van der Waals surface area contributed by atoms with Gasteiger partial charge in [0.2, 0.25) is 0 Å². The third-order valence-corrected chi connectivity index (χ3v) is 3.20. The Morgan fingerprint density at radius 1 is 1.62 bits per heavy atom. The lowest BCUT2D eigenvalue weighted by molar-refractivity contribution is -0.0447. The van der Waals surface area contributed by atoms with Crippen LogP contribution in [0, 0.1) is 0 Å². The van der Waals surface area contributed by atoms with E-state index in [-0.39, 0.29) is 17.7 Å². The van der Waals surface area contributed by atoms with Gasteiger partial charge in [-0.25, -0.2) is 9.18 Å². The Labute approximate surface area is 119 Å². The molecule has 3 unspecified atom stereocenters. The molecule has 1 aromatic rings. The van der Waals surface area contributed by atoms with Crippen LogP contribution in [0.15, 0.2) is 29.0 Å². The number of allylic oxidation sites excluding steroid dienone is 1. The zero-order valence-corrected chi connectivity index (χ0v) is 11.3. The minimum absolute atomic E-state index is 0.0392. The number of aliphatic hydroxyl groups excluding tert-OH is 2. The molecule has 1 aromatic heterocycles. The normalized spacial score (nSPS) is 27.8. The number of rotatable bonds is 3. The number of aromatic nitrogens is 2. The zero-order valence-electron chi connectivity index (χ0n) is 11.3. The molecule has 21 heavy (non-hydrogen) atoms. The molecule has 4 N–H and O–H groups in total. The Balaban J connectivity index is 2.51. The number of hydrogen-bond donors (Lipinski definition) is 3. The lowest BCUT2D eigenvalue weighted by atomic mass is 10.1. The number of hydrogen-bond acceptors (Lipinski definition) is 6. The highest BCUT2D eigenvalue weighted by Gasteiger charge is 2.40. The van der Waals surface area contributed by atoms with Crippen LogP contribution in [0.4, 0.5) is 10.2 Å². The van der Waals surface area contributed by atoms with Crippen molar-refractivity contribution in [3.63, 3.8) is 0 Å². The van der Waals surface area contributed by atoms with Crippen molar-refractivity contribution in [3.8, 4) is 0 Å². The van der Waals surface area contributed by atoms with E-state index in [1.54, 1.807) is 19.1 Å². The largest absolute Gasteiger partial charge is 0.394 e. The van der Waals surface area contributed by atoms with Crippen molar-refractivity contribution in [3.05, 3.63) is 40.2 Å². The maximum atomic E-state index is 13.0. The van der Waals surface area contributed by atoms with Gasteiger partial charge in [0.25, 0.3) is 0 Å². The van der Waals surface area contributed by atoms with E-state index in [4.69, 9.17) is 15.6 Å². The first kappa shape index (κ1) is 15.4. The van der Waals surface area contributed by atoms with E-state index < -0.39 is 30.7 Å². The van der Waals surface area contributed by atoms with E-state index in [2.05, 4.69) is 4.98 Å². The predicted octanol–water partition coefficient (Wildman–Crippen LogP) is -0.0374. The Hall–Kier alpha value is -2.03. The molecule has 0 aliphatic carbocycles. The number of nitrogen functional groups attached to an aromatic ring is 1. The van der Waals surface area contributed by atoms with Gasteiger partial charge in [-0.15, -0.1) is 0 Å². The lowest BCUT2D eigenvalue weighted by Crippen LogP contribution is -2.29. The van der Waals surface area contributed by atoms with Crippen molar-refractivity contribution >= 4 is 11.9 Å². The summed E-state index contributed by atoms with van der Waals surface area (Å²) in [4.78, 5) is 15.6. The third-order valence-electron chi connectivity index (χ3n) is 3.20. The van der Waals surface area contributed by atoms with Crippen molar-refractivity contribution in [1.29, 1.82) is 0 Å². The maximum Gasteiger partial charge on any atom is 0.351 e. The smallest absolute Gasteiger partial charge is 0.351 e. The molecule has 0 spiro atoms. The van der Waals surface area contributed by atoms with Crippen molar-refractivity contribution in [2.45, 2.75) is 25.4 Å². The fourth-order valence-corrected chi connectivity index (χ4v) is 2.14. The monoisotopic (exact) mass is 297 g/mol. The first-order valence-corrected chi connectivity index (χ1v) is 6.29. The predicted molar refractivity (Wildman–Crippen MR) is 73.8 cm³/mol. The Morgan fingerprint density at radius 2 is 2.33 bits per heavy atom. The minimum Gasteiger partial charge on any atom is -0.394 e. The molecular weight excluding hydrogens is 281 g/mol. The molecule has 8 heteroatoms. The summed E-state index contributed by atoms with van der Waals surface area (Å²) in [6.45, 7) is 1.26. The quantitative estimate of drug-likeness (QED) is 0.722. The number of ether oxygens (including phenoxy) is 1. The van der Waals surface area contributed by atoms with Crippen LogP contribution >= 0.6 is 0 Å². The molecule has 1 aliphatic heterocycles. The summed E-state index contributed by atoms with van der Waals surface area (Å²) in [5.74, 6) is 0.0392. The number of aliphatic hydroxyl groups is 2. The third kappa shape index (κ3) is 2.73. The van der Waals surface area contributed by atoms with Crippen LogP contribution in [-0.2, 0) is 4.74 Å². The Morgan fingerprint density at radius 3 is 2.90 bits per heavy atom. The van der Waals surface area contributed by atoms with Crippen molar-refractivity contribution in [1.82, 2.24) is 9.55 Å². The van der Waals surface area contributed by atoms with Gasteiger partial charge in [-0.1, -0.05) is 12.2 Å². The Bertz CT molecular complexity index is 641. The average molecular weight is 297 g/mol. The number of halogens is 1. The zero-order chi connectivity index (χ0) is 15.6. The molecular formula is C13H16FN3O4. The van der Waals surface area contributed by atoms with Gasteiger partial charge in [0.15, 0.2) is 6.23 Å². The van der Waals surface area contributed by atoms with Crippen molar-refractivity contribution in [2.75, 3.05) is 12.3 Å². The van der Waals surface area contributed by atoms with Crippen LogP contribution < -0.4 is 11.4 Å². The van der Waals surface area contributed by atoms with E-state index in [9.17, 15) is 14.3 Å². The molecule has 2 rings (SSSR count). The number of nitrogens with zero attached hydrogens (tertiary/aromatic N) is 2. The van der Waals surface area contributed by atoms with Crippen LogP contribution in [0.1, 0.15) is 18.7 Å². The van der Waals surface area contributed by atoms with Gasteiger partial charge < -0.3 is 20.7 Å². The van der Waals surface area contributed by atoms with Crippen LogP contribution in [0.3, 0.4) is 0 Å². The molecule has 114 valence electrons. The molecule has 7 nitrogen and oxygen atoms in total. The standard InChI is InChI=1S/C13H16FN3O4/c1-2-3-7-5-17(13(20)16-11(7)15)12-8(4-14)10(19)9(6-18)21-12/h2-5,9-10,12,18-19H,6H2,1H3,(H2,15,16,20)/b3-2+,8-4+. The summed E-state index contributed by atoms with van der Waals surface area (Å²) < 4.78 is 19.3. The molecule has 1 saturated heterocycles. The number of anilines is 1. The second-order valence-corrected chi connectivity index (χ2v) is 4.53. The van der Waals surface area contributed by atoms with Crippen LogP contribution in [0.5, 0.6) is 0 Å². The first-order valence-electron chi connectivity index (χ1n) is 6.29. The molecule has 3 atom stereocenters. The van der Waals surface area contributed by atoms with Gasteiger partial charge in [-0.3, -0.25) is 4.57 Å². The van der Waals surface area contributed by atoms with Crippen LogP contribution in [0.25, 0.3) is 6.08 Å². The maximum absolute atomic E-state index is 13.0. The summed E-state index contributed by atoms with van der Waals surface area (Å²) in [5, 5.41) is 18.9. The topological polar surface area (TPSA) is 111 Å². The second-order valence-electron chi connectivity index (χ2n) is 4.53. The van der Waals surface area contributed by atoms with Gasteiger partial charge in [0.05, 0.1) is 12.9 Å².